The number of nitrogen functional groups attached to an aromatic ring is 1. The molecule has 0 aliphatic carbocycles. The third-order valence-electron chi connectivity index (χ3n) is 6.14. The van der Waals surface area contributed by atoms with Crippen LogP contribution in [-0.4, -0.2) is 36.6 Å². The summed E-state index contributed by atoms with van der Waals surface area (Å²) in [4.78, 5) is 12.1. The molecule has 1 aromatic heterocycles. The number of aryl methyl sites for hydroxylation is 1. The summed E-state index contributed by atoms with van der Waals surface area (Å²) in [6.45, 7) is 5.04. The maximum absolute atomic E-state index is 6.28. The van der Waals surface area contributed by atoms with Crippen molar-refractivity contribution in [3.05, 3.63) is 71.8 Å². The first-order valence-electron chi connectivity index (χ1n) is 10.9. The fourth-order valence-corrected chi connectivity index (χ4v) is 4.16. The molecule has 1 unspecified atom stereocenters. The summed E-state index contributed by atoms with van der Waals surface area (Å²) in [6, 6.07) is 21.2. The summed E-state index contributed by atoms with van der Waals surface area (Å²) in [5.74, 6) is 2.25. The second-order valence-corrected chi connectivity index (χ2v) is 8.48. The molecular weight excluding hydrogens is 370 g/mol. The molecule has 0 amide bonds. The lowest BCUT2D eigenvalue weighted by atomic mass is 10.1. The van der Waals surface area contributed by atoms with Gasteiger partial charge >= 0.3 is 5.95 Å². The Labute approximate surface area is 179 Å². The van der Waals surface area contributed by atoms with Gasteiger partial charge in [0, 0.05) is 25.6 Å². The highest BCUT2D eigenvalue weighted by molar-refractivity contribution is 5.58. The SMILES string of the molecule is Cc1ccc([N+](C)(CCc2ccccc2)c2nc(N)cc(N3CCCCC3)n2)cc1. The van der Waals surface area contributed by atoms with Crippen LogP contribution in [0.4, 0.5) is 23.3 Å². The zero-order valence-corrected chi connectivity index (χ0v) is 18.1. The normalized spacial score (nSPS) is 16.3. The van der Waals surface area contributed by atoms with Crippen LogP contribution in [0, 0.1) is 6.92 Å². The Kier molecular flexibility index (Phi) is 6.00. The first-order valence-corrected chi connectivity index (χ1v) is 10.9. The van der Waals surface area contributed by atoms with Crippen molar-refractivity contribution in [2.75, 3.05) is 37.3 Å². The molecule has 0 spiro atoms. The molecule has 1 saturated heterocycles. The quantitative estimate of drug-likeness (QED) is 0.598. The fourth-order valence-electron chi connectivity index (χ4n) is 4.16. The van der Waals surface area contributed by atoms with Gasteiger partial charge in [0.25, 0.3) is 0 Å². The summed E-state index contributed by atoms with van der Waals surface area (Å²) in [7, 11) is 2.20. The number of anilines is 2. The van der Waals surface area contributed by atoms with Gasteiger partial charge < -0.3 is 10.6 Å². The largest absolute Gasteiger partial charge is 0.383 e. The van der Waals surface area contributed by atoms with Crippen LogP contribution in [0.1, 0.15) is 30.4 Å². The van der Waals surface area contributed by atoms with E-state index in [4.69, 9.17) is 15.7 Å². The van der Waals surface area contributed by atoms with Gasteiger partial charge in [-0.25, -0.2) is 4.48 Å². The minimum atomic E-state index is 0.515. The first-order chi connectivity index (χ1) is 14.5. The number of likely N-dealkylation sites (N-methyl/N-ethyl adjacent to an activating group) is 1. The van der Waals surface area contributed by atoms with Gasteiger partial charge in [-0.15, -0.1) is 0 Å². The van der Waals surface area contributed by atoms with E-state index in [0.29, 0.717) is 10.3 Å². The van der Waals surface area contributed by atoms with E-state index in [0.717, 1.165) is 37.8 Å². The van der Waals surface area contributed by atoms with Crippen molar-refractivity contribution in [1.82, 2.24) is 14.5 Å². The van der Waals surface area contributed by atoms with Gasteiger partial charge in [-0.3, -0.25) is 0 Å². The molecular formula is C25H32N5+. The summed E-state index contributed by atoms with van der Waals surface area (Å²) >= 11 is 0. The molecule has 0 bridgehead atoms. The van der Waals surface area contributed by atoms with Crippen LogP contribution < -0.4 is 15.1 Å². The number of rotatable bonds is 6. The number of hydrogen-bond donors (Lipinski definition) is 1. The molecule has 2 N–H and O–H groups in total. The molecule has 4 rings (SSSR count). The summed E-state index contributed by atoms with van der Waals surface area (Å²) in [5, 5.41) is 0. The van der Waals surface area contributed by atoms with Crippen LogP contribution in [0.5, 0.6) is 0 Å². The Hall–Kier alpha value is -2.92. The number of aromatic nitrogens is 2. The number of piperidine rings is 1. The summed E-state index contributed by atoms with van der Waals surface area (Å²) in [6.07, 6.45) is 4.63. The molecule has 5 heteroatoms. The molecule has 0 radical (unpaired) electrons. The average molecular weight is 403 g/mol. The molecule has 0 saturated carbocycles. The number of nitrogens with zero attached hydrogens (tertiary/aromatic N) is 4. The Morgan fingerprint density at radius 2 is 1.63 bits per heavy atom. The fraction of sp³-hybridized carbons (Fsp3) is 0.360. The number of nitrogens with two attached hydrogens (primary N) is 1. The van der Waals surface area contributed by atoms with E-state index < -0.39 is 0 Å². The van der Waals surface area contributed by atoms with Crippen molar-refractivity contribution in [3.8, 4) is 0 Å². The van der Waals surface area contributed by atoms with Crippen molar-refractivity contribution < 1.29 is 0 Å². The van der Waals surface area contributed by atoms with Gasteiger partial charge in [-0.2, -0.15) is 9.97 Å². The molecule has 1 aliphatic heterocycles. The second-order valence-electron chi connectivity index (χ2n) is 8.48. The Morgan fingerprint density at radius 1 is 0.933 bits per heavy atom. The molecule has 2 aromatic carbocycles. The van der Waals surface area contributed by atoms with E-state index in [2.05, 4.69) is 73.5 Å². The Morgan fingerprint density at radius 3 is 2.33 bits per heavy atom. The maximum atomic E-state index is 6.28. The second kappa shape index (κ2) is 8.84. The highest BCUT2D eigenvalue weighted by atomic mass is 15.4. The molecule has 1 atom stereocenters. The van der Waals surface area contributed by atoms with Crippen molar-refractivity contribution in [2.45, 2.75) is 32.6 Å². The molecule has 30 heavy (non-hydrogen) atoms. The predicted molar refractivity (Wildman–Crippen MR) is 126 cm³/mol. The van der Waals surface area contributed by atoms with Crippen LogP contribution in [0.15, 0.2) is 60.7 Å². The molecule has 1 fully saturated rings. The van der Waals surface area contributed by atoms with Gasteiger partial charge in [0.2, 0.25) is 0 Å². The van der Waals surface area contributed by atoms with Gasteiger partial charge in [0.15, 0.2) is 0 Å². The molecule has 2 heterocycles. The highest BCUT2D eigenvalue weighted by Gasteiger charge is 2.33. The summed E-state index contributed by atoms with van der Waals surface area (Å²) < 4.78 is 0.515. The van der Waals surface area contributed by atoms with Crippen molar-refractivity contribution in [2.24, 2.45) is 0 Å². The van der Waals surface area contributed by atoms with Crippen LogP contribution in [0.25, 0.3) is 0 Å². The smallest absolute Gasteiger partial charge is 0.337 e. The number of quaternary nitrogens is 1. The van der Waals surface area contributed by atoms with Crippen molar-refractivity contribution >= 4 is 23.3 Å². The monoisotopic (exact) mass is 402 g/mol. The highest BCUT2D eigenvalue weighted by Crippen LogP contribution is 2.33. The summed E-state index contributed by atoms with van der Waals surface area (Å²) in [5.41, 5.74) is 10.0. The standard InChI is InChI=1S/C25H32N5/c1-20-11-13-22(14-12-20)30(2,18-15-21-9-5-3-6-10-21)25-27-23(26)19-24(28-25)29-16-7-4-8-17-29/h3,5-6,9-14,19H,4,7-8,15-18H2,1-2H3,(H2,26,27,28)/q+1. The zero-order chi connectivity index (χ0) is 21.0. The molecule has 5 nitrogen and oxygen atoms in total. The topological polar surface area (TPSA) is 55.0 Å². The van der Waals surface area contributed by atoms with E-state index in [1.807, 2.05) is 6.07 Å². The molecule has 156 valence electrons. The first kappa shape index (κ1) is 20.4. The Bertz CT molecular complexity index is 965. The van der Waals surface area contributed by atoms with E-state index in [-0.39, 0.29) is 0 Å². The lowest BCUT2D eigenvalue weighted by Gasteiger charge is -2.33. The zero-order valence-electron chi connectivity index (χ0n) is 18.1. The lowest BCUT2D eigenvalue weighted by molar-refractivity contribution is 0.436. The maximum Gasteiger partial charge on any atom is 0.337 e. The van der Waals surface area contributed by atoms with Crippen LogP contribution in [0.2, 0.25) is 0 Å². The number of benzene rings is 2. The van der Waals surface area contributed by atoms with Crippen molar-refractivity contribution in [3.63, 3.8) is 0 Å². The van der Waals surface area contributed by atoms with E-state index in [9.17, 15) is 0 Å². The van der Waals surface area contributed by atoms with E-state index in [1.54, 1.807) is 0 Å². The number of hydrogen-bond acceptors (Lipinski definition) is 4. The minimum absolute atomic E-state index is 0.515. The predicted octanol–water partition coefficient (Wildman–Crippen LogP) is 4.87. The third-order valence-corrected chi connectivity index (χ3v) is 6.14. The van der Waals surface area contributed by atoms with Gasteiger partial charge in [-0.05, 0) is 43.9 Å². The van der Waals surface area contributed by atoms with Gasteiger partial charge in [0.05, 0.1) is 13.6 Å². The van der Waals surface area contributed by atoms with E-state index >= 15 is 0 Å². The van der Waals surface area contributed by atoms with Crippen LogP contribution in [0.3, 0.4) is 0 Å². The average Bonchev–Trinajstić information content (AvgIpc) is 2.79. The molecule has 3 aromatic rings. The lowest BCUT2D eigenvalue weighted by Crippen LogP contribution is -2.43. The van der Waals surface area contributed by atoms with Crippen LogP contribution >= 0.6 is 0 Å². The third kappa shape index (κ3) is 4.46. The Balaban J connectivity index is 1.73. The van der Waals surface area contributed by atoms with Gasteiger partial charge in [-0.1, -0.05) is 48.0 Å². The van der Waals surface area contributed by atoms with Gasteiger partial charge in [0.1, 0.15) is 17.3 Å². The molecule has 1 aliphatic rings. The van der Waals surface area contributed by atoms with E-state index in [1.165, 1.54) is 36.1 Å². The minimum Gasteiger partial charge on any atom is -0.383 e. The van der Waals surface area contributed by atoms with Crippen LogP contribution in [-0.2, 0) is 6.42 Å². The van der Waals surface area contributed by atoms with Crippen molar-refractivity contribution in [1.29, 1.82) is 0 Å².